The summed E-state index contributed by atoms with van der Waals surface area (Å²) >= 11 is 6.11. The second-order valence-corrected chi connectivity index (χ2v) is 8.61. The number of hydrogen-bond acceptors (Lipinski definition) is 3. The molecule has 1 aromatic heterocycles. The van der Waals surface area contributed by atoms with Gasteiger partial charge in [-0.25, -0.2) is 4.79 Å². The number of carboxylic acid groups (broad SMARTS) is 1. The fraction of sp³-hybridized carbons (Fsp3) is 0.308. The van der Waals surface area contributed by atoms with Crippen LogP contribution in [0.3, 0.4) is 0 Å². The molecule has 1 heterocycles. The van der Waals surface area contributed by atoms with Gasteiger partial charge in [-0.1, -0.05) is 54.9 Å². The van der Waals surface area contributed by atoms with E-state index in [9.17, 15) is 9.59 Å². The van der Waals surface area contributed by atoms with E-state index >= 15 is 0 Å². The molecule has 2 atom stereocenters. The maximum atomic E-state index is 12.8. The van der Waals surface area contributed by atoms with Crippen LogP contribution in [0.1, 0.15) is 46.8 Å². The molecule has 3 rings (SSSR count). The summed E-state index contributed by atoms with van der Waals surface area (Å²) in [6, 6.07) is 18.7. The first-order valence-electron chi connectivity index (χ1n) is 11.0. The highest BCUT2D eigenvalue weighted by Gasteiger charge is 2.19. The van der Waals surface area contributed by atoms with Gasteiger partial charge in [-0.3, -0.25) is 4.79 Å². The van der Waals surface area contributed by atoms with Crippen LogP contribution in [-0.4, -0.2) is 41.2 Å². The summed E-state index contributed by atoms with van der Waals surface area (Å²) in [4.78, 5) is 26.5. The third kappa shape index (κ3) is 7.20. The highest BCUT2D eigenvalue weighted by molar-refractivity contribution is 6.30. The van der Waals surface area contributed by atoms with Crippen molar-refractivity contribution in [3.63, 3.8) is 0 Å². The zero-order valence-corrected chi connectivity index (χ0v) is 19.6. The van der Waals surface area contributed by atoms with Crippen LogP contribution in [-0.2, 0) is 11.2 Å². The van der Waals surface area contributed by atoms with E-state index in [0.717, 1.165) is 23.1 Å². The van der Waals surface area contributed by atoms with E-state index in [0.29, 0.717) is 24.7 Å². The molecule has 6 nitrogen and oxygen atoms in total. The number of carbonyl (C=O) groups is 2. The van der Waals surface area contributed by atoms with Crippen molar-refractivity contribution in [1.29, 1.82) is 0 Å². The van der Waals surface area contributed by atoms with Crippen molar-refractivity contribution in [1.82, 2.24) is 10.3 Å². The van der Waals surface area contributed by atoms with Crippen LogP contribution in [0.5, 0.6) is 0 Å². The Morgan fingerprint density at radius 1 is 1.06 bits per heavy atom. The molecule has 33 heavy (non-hydrogen) atoms. The molecule has 2 aromatic carbocycles. The number of amides is 1. The molecule has 3 N–H and O–H groups in total. The average Bonchev–Trinajstić information content (AvgIpc) is 3.29. The smallest absolute Gasteiger partial charge is 0.352 e. The SMILES string of the molecule is CCOCC(C)CC(Cc1ccc(-c2cccc(Cl)c2)cc1)NC(=O)c1ccc(C(=O)O)[nH]1. The summed E-state index contributed by atoms with van der Waals surface area (Å²) in [5.74, 6) is -1.18. The summed E-state index contributed by atoms with van der Waals surface area (Å²) in [5, 5.41) is 12.8. The summed E-state index contributed by atoms with van der Waals surface area (Å²) in [7, 11) is 0. The van der Waals surface area contributed by atoms with Crippen LogP contribution in [0.4, 0.5) is 0 Å². The molecular formula is C26H29ClN2O4. The second kappa shape index (κ2) is 11.7. The Kier molecular flexibility index (Phi) is 8.69. The first kappa shape index (κ1) is 24.6. The Hall–Kier alpha value is -3.09. The molecule has 2 unspecified atom stereocenters. The Balaban J connectivity index is 1.72. The van der Waals surface area contributed by atoms with Crippen molar-refractivity contribution in [2.75, 3.05) is 13.2 Å². The largest absolute Gasteiger partial charge is 0.477 e. The van der Waals surface area contributed by atoms with Gasteiger partial charge in [0.15, 0.2) is 0 Å². The lowest BCUT2D eigenvalue weighted by Crippen LogP contribution is -2.38. The van der Waals surface area contributed by atoms with Gasteiger partial charge in [0.05, 0.1) is 0 Å². The highest BCUT2D eigenvalue weighted by atomic mass is 35.5. The van der Waals surface area contributed by atoms with Crippen molar-refractivity contribution in [2.24, 2.45) is 5.92 Å². The number of aromatic nitrogens is 1. The topological polar surface area (TPSA) is 91.4 Å². The third-order valence-corrected chi connectivity index (χ3v) is 5.62. The number of benzene rings is 2. The van der Waals surface area contributed by atoms with Gasteiger partial charge < -0.3 is 20.1 Å². The first-order valence-corrected chi connectivity index (χ1v) is 11.4. The van der Waals surface area contributed by atoms with Gasteiger partial charge in [-0.05, 0) is 66.6 Å². The molecule has 0 bridgehead atoms. The van der Waals surface area contributed by atoms with Crippen LogP contribution >= 0.6 is 11.6 Å². The Labute approximate surface area is 198 Å². The second-order valence-electron chi connectivity index (χ2n) is 8.17. The minimum Gasteiger partial charge on any atom is -0.477 e. The van der Waals surface area contributed by atoms with Gasteiger partial charge >= 0.3 is 5.97 Å². The van der Waals surface area contributed by atoms with Gasteiger partial charge in [0, 0.05) is 24.3 Å². The maximum absolute atomic E-state index is 12.8. The van der Waals surface area contributed by atoms with E-state index in [-0.39, 0.29) is 29.3 Å². The van der Waals surface area contributed by atoms with Crippen molar-refractivity contribution in [3.05, 3.63) is 82.6 Å². The number of carbonyl (C=O) groups excluding carboxylic acids is 1. The lowest BCUT2D eigenvalue weighted by Gasteiger charge is -2.22. The number of hydrogen-bond donors (Lipinski definition) is 3. The van der Waals surface area contributed by atoms with Gasteiger partial charge in [-0.2, -0.15) is 0 Å². The lowest BCUT2D eigenvalue weighted by atomic mass is 9.95. The first-order chi connectivity index (χ1) is 15.9. The van der Waals surface area contributed by atoms with Crippen molar-refractivity contribution in [2.45, 2.75) is 32.7 Å². The Morgan fingerprint density at radius 3 is 2.42 bits per heavy atom. The minimum absolute atomic E-state index is 0.0157. The number of nitrogens with one attached hydrogen (secondary N) is 2. The molecule has 0 aliphatic rings. The van der Waals surface area contributed by atoms with Gasteiger partial charge in [0.2, 0.25) is 0 Å². The number of aromatic carboxylic acids is 1. The zero-order chi connectivity index (χ0) is 23.8. The van der Waals surface area contributed by atoms with Gasteiger partial charge in [-0.15, -0.1) is 0 Å². The van der Waals surface area contributed by atoms with E-state index in [1.807, 2.05) is 43.3 Å². The Morgan fingerprint density at radius 2 is 1.79 bits per heavy atom. The molecular weight excluding hydrogens is 440 g/mol. The number of halogens is 1. The van der Waals surface area contributed by atoms with Crippen molar-refractivity contribution in [3.8, 4) is 11.1 Å². The van der Waals surface area contributed by atoms with Crippen LogP contribution < -0.4 is 5.32 Å². The molecule has 174 valence electrons. The zero-order valence-electron chi connectivity index (χ0n) is 18.8. The highest BCUT2D eigenvalue weighted by Crippen LogP contribution is 2.24. The van der Waals surface area contributed by atoms with E-state index < -0.39 is 5.97 Å². The predicted molar refractivity (Wildman–Crippen MR) is 130 cm³/mol. The predicted octanol–water partition coefficient (Wildman–Crippen LogP) is 5.44. The van der Waals surface area contributed by atoms with E-state index in [2.05, 4.69) is 29.4 Å². The molecule has 0 aliphatic carbocycles. The quantitative estimate of drug-likeness (QED) is 0.349. The van der Waals surface area contributed by atoms with E-state index in [1.54, 1.807) is 0 Å². The lowest BCUT2D eigenvalue weighted by molar-refractivity contribution is 0.0691. The number of rotatable bonds is 11. The molecule has 0 saturated heterocycles. The summed E-state index contributed by atoms with van der Waals surface area (Å²) < 4.78 is 5.55. The van der Waals surface area contributed by atoms with Gasteiger partial charge in [0.1, 0.15) is 11.4 Å². The Bertz CT molecular complexity index is 1080. The molecule has 7 heteroatoms. The van der Waals surface area contributed by atoms with Crippen LogP contribution in [0.15, 0.2) is 60.7 Å². The molecule has 0 aliphatic heterocycles. The third-order valence-electron chi connectivity index (χ3n) is 5.38. The summed E-state index contributed by atoms with van der Waals surface area (Å²) in [6.07, 6.45) is 1.37. The minimum atomic E-state index is -1.10. The standard InChI is InChI=1S/C26H29ClN2O4/c1-3-33-16-17(2)13-22(28-25(30)23-11-12-24(29-23)26(31)32)14-18-7-9-19(10-8-18)20-5-4-6-21(27)15-20/h4-12,15,17,22,29H,3,13-14,16H2,1-2H3,(H,28,30)(H,31,32). The molecule has 3 aromatic rings. The number of carboxylic acids is 1. The normalized spacial score (nSPS) is 12.8. The fourth-order valence-electron chi connectivity index (χ4n) is 3.77. The molecule has 0 fully saturated rings. The van der Waals surface area contributed by atoms with Crippen LogP contribution in [0.25, 0.3) is 11.1 Å². The molecule has 0 spiro atoms. The fourth-order valence-corrected chi connectivity index (χ4v) is 3.96. The van der Waals surface area contributed by atoms with Crippen LogP contribution in [0, 0.1) is 5.92 Å². The van der Waals surface area contributed by atoms with Crippen molar-refractivity contribution < 1.29 is 19.4 Å². The summed E-state index contributed by atoms with van der Waals surface area (Å²) in [6.45, 7) is 5.31. The van der Waals surface area contributed by atoms with Crippen LogP contribution in [0.2, 0.25) is 5.02 Å². The maximum Gasteiger partial charge on any atom is 0.352 e. The number of aromatic amines is 1. The van der Waals surface area contributed by atoms with Crippen molar-refractivity contribution >= 4 is 23.5 Å². The van der Waals surface area contributed by atoms with Gasteiger partial charge in [0.25, 0.3) is 5.91 Å². The van der Waals surface area contributed by atoms with E-state index in [1.165, 1.54) is 12.1 Å². The monoisotopic (exact) mass is 468 g/mol. The number of H-pyrrole nitrogens is 1. The number of ether oxygens (including phenoxy) is 1. The average molecular weight is 469 g/mol. The molecule has 0 saturated carbocycles. The van der Waals surface area contributed by atoms with E-state index in [4.69, 9.17) is 21.4 Å². The summed E-state index contributed by atoms with van der Waals surface area (Å²) in [5.41, 5.74) is 3.42. The molecule has 0 radical (unpaired) electrons. The molecule has 1 amide bonds.